The van der Waals surface area contributed by atoms with Gasteiger partial charge in [0.05, 0.1) is 11.1 Å². The molecule has 5 aliphatic rings. The van der Waals surface area contributed by atoms with Crippen LogP contribution in [-0.4, -0.2) is 105 Å². The van der Waals surface area contributed by atoms with Crippen LogP contribution in [0.15, 0.2) is 79.1 Å². The molecule has 15 nitrogen and oxygen atoms in total. The third-order valence-corrected chi connectivity index (χ3v) is 12.0. The zero-order valence-corrected chi connectivity index (χ0v) is 32.9. The number of piperazine rings is 1. The van der Waals surface area contributed by atoms with Gasteiger partial charge in [-0.3, -0.25) is 29.4 Å². The zero-order valence-electron chi connectivity index (χ0n) is 32.9. The van der Waals surface area contributed by atoms with Gasteiger partial charge in [0.15, 0.2) is 5.82 Å². The van der Waals surface area contributed by atoms with E-state index in [2.05, 4.69) is 30.5 Å². The molecule has 4 amide bonds. The van der Waals surface area contributed by atoms with Crippen molar-refractivity contribution < 1.29 is 23.9 Å². The second-order valence-corrected chi connectivity index (χ2v) is 16.0. The van der Waals surface area contributed by atoms with Gasteiger partial charge in [-0.2, -0.15) is 5.10 Å². The van der Waals surface area contributed by atoms with E-state index in [1.54, 1.807) is 12.1 Å². The molecule has 5 aromatic rings. The number of rotatable bonds is 8. The van der Waals surface area contributed by atoms with E-state index in [-0.39, 0.29) is 18.7 Å². The molecule has 3 aromatic carbocycles. The van der Waals surface area contributed by atoms with E-state index in [0.29, 0.717) is 28.8 Å². The lowest BCUT2D eigenvalue weighted by molar-refractivity contribution is -0.136. The Morgan fingerprint density at radius 2 is 1.54 bits per heavy atom. The largest absolute Gasteiger partial charge is 0.457 e. The lowest BCUT2D eigenvalue weighted by Crippen LogP contribution is -2.54. The van der Waals surface area contributed by atoms with Crippen molar-refractivity contribution in [2.45, 2.75) is 56.9 Å². The molecule has 1 atom stereocenters. The lowest BCUT2D eigenvalue weighted by atomic mass is 9.89. The van der Waals surface area contributed by atoms with Gasteiger partial charge in [-0.25, -0.2) is 14.5 Å². The highest BCUT2D eigenvalue weighted by molar-refractivity contribution is 6.23. The number of carbonyl (C=O) groups excluding carboxylic acids is 4. The number of fused-ring (bicyclic) bond motifs is 2. The Bertz CT molecular complexity index is 2370. The molecular formula is C44H48N10O5. The molecule has 4 fully saturated rings. The van der Waals surface area contributed by atoms with Gasteiger partial charge < -0.3 is 25.6 Å². The lowest BCUT2D eigenvalue weighted by Gasteiger charge is -2.44. The molecule has 0 spiro atoms. The standard InChI is InChI=1S/C23H23N5O.C21H25N5O4/c24-22-21-20(16-11-13-19(14-12-16)29-18-9-5-2-6-10-18)27-23(28(21)26-15-25-22)17-7-3-1-4-8-17;27-18-4-3-17(19(28)23-18)26-20(29)15-2-1-14(9-16(15)21(26)30)25-11-13(12-25)10-24-7-5-22-6-8-24/h2,5-6,9-15,17H,1,3-4,7-8H2,(H2,24,25,26);1-2,9,13,17,22H,3-8,10-12H2,(H,23,27,28). The van der Waals surface area contributed by atoms with Crippen LogP contribution < -0.4 is 26.0 Å². The van der Waals surface area contributed by atoms with Crippen LogP contribution in [-0.2, 0) is 9.59 Å². The van der Waals surface area contributed by atoms with Gasteiger partial charge in [0, 0.05) is 75.3 Å². The molecule has 4 aliphatic heterocycles. The maximum Gasteiger partial charge on any atom is 0.262 e. The van der Waals surface area contributed by atoms with E-state index in [1.165, 1.54) is 25.6 Å². The fourth-order valence-corrected chi connectivity index (χ4v) is 8.92. The number of nitrogens with two attached hydrogens (primary N) is 1. The third-order valence-electron chi connectivity index (χ3n) is 12.0. The molecule has 3 saturated heterocycles. The number of amides is 4. The van der Waals surface area contributed by atoms with Gasteiger partial charge >= 0.3 is 0 Å². The van der Waals surface area contributed by atoms with Crippen LogP contribution in [0.5, 0.6) is 11.5 Å². The molecule has 10 rings (SSSR count). The summed E-state index contributed by atoms with van der Waals surface area (Å²) in [6.07, 6.45) is 7.87. The first kappa shape index (κ1) is 38.3. The van der Waals surface area contributed by atoms with Crippen molar-refractivity contribution in [2.75, 3.05) is 56.4 Å². The van der Waals surface area contributed by atoms with Crippen LogP contribution in [0.3, 0.4) is 0 Å². The summed E-state index contributed by atoms with van der Waals surface area (Å²) in [6.45, 7) is 7.21. The zero-order chi connectivity index (χ0) is 40.5. The Hall–Kier alpha value is -6.19. The van der Waals surface area contributed by atoms with Crippen molar-refractivity contribution in [2.24, 2.45) is 5.92 Å². The number of hydrogen-bond donors (Lipinski definition) is 3. The highest BCUT2D eigenvalue weighted by atomic mass is 16.5. The summed E-state index contributed by atoms with van der Waals surface area (Å²) >= 11 is 0. The SMILES string of the molecule is Nc1ncnn2c(C3CCCCC3)nc(-c3ccc(Oc4ccccc4)cc3)c12.O=C1CCC(N2C(=O)c3ccc(N4CC(CN5CCNCC5)C4)cc3C2=O)C(=O)N1. The van der Waals surface area contributed by atoms with Crippen LogP contribution in [0.25, 0.3) is 16.8 Å². The molecule has 1 saturated carbocycles. The van der Waals surface area contributed by atoms with Gasteiger partial charge in [0.25, 0.3) is 11.8 Å². The van der Waals surface area contributed by atoms with Crippen molar-refractivity contribution in [1.29, 1.82) is 0 Å². The second kappa shape index (κ2) is 16.6. The van der Waals surface area contributed by atoms with Gasteiger partial charge in [-0.05, 0) is 73.9 Å². The van der Waals surface area contributed by atoms with Crippen molar-refractivity contribution >= 4 is 40.7 Å². The number of aromatic nitrogens is 4. The summed E-state index contributed by atoms with van der Waals surface area (Å²) < 4.78 is 7.80. The number of para-hydroxylation sites is 1. The number of nitrogens with one attached hydrogen (secondary N) is 2. The van der Waals surface area contributed by atoms with E-state index in [4.69, 9.17) is 15.5 Å². The predicted octanol–water partition coefficient (Wildman–Crippen LogP) is 4.64. The normalized spacial score (nSPS) is 20.2. The van der Waals surface area contributed by atoms with Crippen molar-refractivity contribution in [3.8, 4) is 22.8 Å². The minimum absolute atomic E-state index is 0.122. The minimum atomic E-state index is -0.925. The molecular weight excluding hydrogens is 749 g/mol. The van der Waals surface area contributed by atoms with Gasteiger partial charge in [0.1, 0.15) is 40.9 Å². The molecule has 304 valence electrons. The topological polar surface area (TPSA) is 180 Å². The van der Waals surface area contributed by atoms with Crippen molar-refractivity contribution in [3.63, 3.8) is 0 Å². The average molecular weight is 797 g/mol. The number of ether oxygens (including phenoxy) is 1. The summed E-state index contributed by atoms with van der Waals surface area (Å²) in [5, 5.41) is 10.1. The number of hydrogen-bond acceptors (Lipinski definition) is 12. The second-order valence-electron chi connectivity index (χ2n) is 16.0. The first-order valence-electron chi connectivity index (χ1n) is 20.7. The fraction of sp³-hybridized carbons (Fsp3) is 0.386. The molecule has 1 unspecified atom stereocenters. The third kappa shape index (κ3) is 7.87. The molecule has 4 N–H and O–H groups in total. The summed E-state index contributed by atoms with van der Waals surface area (Å²) in [5.41, 5.74) is 10.4. The minimum Gasteiger partial charge on any atom is -0.457 e. The maximum absolute atomic E-state index is 13.0. The number of benzene rings is 3. The first-order chi connectivity index (χ1) is 28.8. The van der Waals surface area contributed by atoms with E-state index in [9.17, 15) is 19.2 Å². The number of nitrogens with zero attached hydrogens (tertiary/aromatic N) is 7. The summed E-state index contributed by atoms with van der Waals surface area (Å²) in [6, 6.07) is 22.1. The number of piperidine rings is 1. The van der Waals surface area contributed by atoms with Crippen LogP contribution in [0.2, 0.25) is 0 Å². The Morgan fingerprint density at radius 1 is 0.814 bits per heavy atom. The Kier molecular flexibility index (Phi) is 10.8. The molecule has 6 heterocycles. The summed E-state index contributed by atoms with van der Waals surface area (Å²) in [7, 11) is 0. The quantitative estimate of drug-likeness (QED) is 0.186. The molecule has 0 radical (unpaired) electrons. The number of carbonyl (C=O) groups is 4. The molecule has 15 heteroatoms. The molecule has 59 heavy (non-hydrogen) atoms. The highest BCUT2D eigenvalue weighted by Crippen LogP contribution is 2.37. The number of imidazole rings is 1. The number of imide groups is 2. The Morgan fingerprint density at radius 3 is 2.29 bits per heavy atom. The van der Waals surface area contributed by atoms with Gasteiger partial charge in [0.2, 0.25) is 11.8 Å². The Labute approximate surface area is 341 Å². The summed E-state index contributed by atoms with van der Waals surface area (Å²) in [5.74, 6) is 2.18. The first-order valence-corrected chi connectivity index (χ1v) is 20.7. The van der Waals surface area contributed by atoms with E-state index in [0.717, 1.165) is 103 Å². The molecule has 0 bridgehead atoms. The van der Waals surface area contributed by atoms with Crippen molar-refractivity contribution in [3.05, 3.63) is 96.1 Å². The van der Waals surface area contributed by atoms with Gasteiger partial charge in [-0.1, -0.05) is 37.5 Å². The molecule has 2 aromatic heterocycles. The summed E-state index contributed by atoms with van der Waals surface area (Å²) in [4.78, 5) is 64.2. The average Bonchev–Trinajstić information content (AvgIpc) is 3.76. The van der Waals surface area contributed by atoms with E-state index >= 15 is 0 Å². The van der Waals surface area contributed by atoms with Crippen LogP contribution in [0.1, 0.15) is 77.4 Å². The maximum atomic E-state index is 13.0. The monoisotopic (exact) mass is 796 g/mol. The van der Waals surface area contributed by atoms with E-state index in [1.807, 2.05) is 65.2 Å². The highest BCUT2D eigenvalue weighted by Gasteiger charge is 2.45. The van der Waals surface area contributed by atoms with Crippen LogP contribution in [0.4, 0.5) is 11.5 Å². The van der Waals surface area contributed by atoms with E-state index < -0.39 is 23.8 Å². The number of anilines is 2. The van der Waals surface area contributed by atoms with Crippen LogP contribution in [0, 0.1) is 5.92 Å². The fourth-order valence-electron chi connectivity index (χ4n) is 8.92. The van der Waals surface area contributed by atoms with Crippen molar-refractivity contribution in [1.82, 2.24) is 40.0 Å². The molecule has 1 aliphatic carbocycles. The predicted molar refractivity (Wildman–Crippen MR) is 221 cm³/mol. The van der Waals surface area contributed by atoms with Gasteiger partial charge in [-0.15, -0.1) is 0 Å². The van der Waals surface area contributed by atoms with Crippen LogP contribution >= 0.6 is 0 Å². The Balaban J connectivity index is 0.000000152. The number of nitrogen functional groups attached to an aromatic ring is 1. The smallest absolute Gasteiger partial charge is 0.262 e.